The maximum Gasteiger partial charge on any atom is 0.0607 e. The van der Waals surface area contributed by atoms with E-state index < -0.39 is 0 Å². The maximum atomic E-state index is 10.2. The van der Waals surface area contributed by atoms with Crippen molar-refractivity contribution in [3.63, 3.8) is 0 Å². The third-order valence-corrected chi connectivity index (χ3v) is 2.78. The van der Waals surface area contributed by atoms with Gasteiger partial charge in [-0.1, -0.05) is 52.2 Å². The first-order chi connectivity index (χ1) is 6.79. The van der Waals surface area contributed by atoms with Crippen LogP contribution in [0.5, 0.6) is 0 Å². The molecule has 0 aromatic carbocycles. The van der Waals surface area contributed by atoms with Crippen molar-refractivity contribution in [2.24, 2.45) is 11.3 Å². The second-order valence-electron chi connectivity index (χ2n) is 5.85. The molecule has 0 heterocycles. The Labute approximate surface area is 95.6 Å². The fraction of sp³-hybridized carbons (Fsp3) is 0.857. The quantitative estimate of drug-likeness (QED) is 0.678. The third-order valence-electron chi connectivity index (χ3n) is 2.78. The fourth-order valence-electron chi connectivity index (χ4n) is 1.89. The molecule has 90 valence electrons. The predicted molar refractivity (Wildman–Crippen MR) is 67.9 cm³/mol. The minimum atomic E-state index is -0.195. The summed E-state index contributed by atoms with van der Waals surface area (Å²) in [6.45, 7) is 13.0. The number of aliphatic hydroxyl groups is 1. The topological polar surface area (TPSA) is 20.2 Å². The Morgan fingerprint density at radius 2 is 1.80 bits per heavy atom. The number of allylic oxidation sites excluding steroid dienone is 1. The molecular formula is C14H28O. The van der Waals surface area contributed by atoms with Crippen molar-refractivity contribution in [3.8, 4) is 0 Å². The van der Waals surface area contributed by atoms with Crippen molar-refractivity contribution in [3.05, 3.63) is 11.6 Å². The standard InChI is InChI=1S/C14H28O/c1-7-8-9-13(15)12(10-11(2)3)14(4,5)6/h10,12-13,15H,7-9H2,1-6H3/t12-,13-/m0/s1. The average Bonchev–Trinajstić information content (AvgIpc) is 2.08. The van der Waals surface area contributed by atoms with Crippen molar-refractivity contribution in [2.75, 3.05) is 0 Å². The molecule has 0 spiro atoms. The highest BCUT2D eigenvalue weighted by Crippen LogP contribution is 2.32. The maximum absolute atomic E-state index is 10.2. The van der Waals surface area contributed by atoms with Gasteiger partial charge in [0.05, 0.1) is 6.10 Å². The van der Waals surface area contributed by atoms with Crippen LogP contribution in [0.1, 0.15) is 60.8 Å². The van der Waals surface area contributed by atoms with E-state index in [1.54, 1.807) is 0 Å². The highest BCUT2D eigenvalue weighted by molar-refractivity contribution is 5.03. The number of rotatable bonds is 5. The number of unbranched alkanes of at least 4 members (excludes halogenated alkanes) is 1. The van der Waals surface area contributed by atoms with Gasteiger partial charge >= 0.3 is 0 Å². The van der Waals surface area contributed by atoms with Crippen LogP contribution < -0.4 is 0 Å². The molecule has 0 aliphatic carbocycles. The van der Waals surface area contributed by atoms with E-state index in [4.69, 9.17) is 0 Å². The van der Waals surface area contributed by atoms with Gasteiger partial charge in [0.15, 0.2) is 0 Å². The normalized spacial score (nSPS) is 15.9. The zero-order chi connectivity index (χ0) is 12.1. The van der Waals surface area contributed by atoms with E-state index in [0.717, 1.165) is 19.3 Å². The Hall–Kier alpha value is -0.300. The fourth-order valence-corrected chi connectivity index (χ4v) is 1.89. The summed E-state index contributed by atoms with van der Waals surface area (Å²) >= 11 is 0. The van der Waals surface area contributed by atoms with Crippen LogP contribution in [0.25, 0.3) is 0 Å². The van der Waals surface area contributed by atoms with Gasteiger partial charge in [0.1, 0.15) is 0 Å². The first-order valence-corrected chi connectivity index (χ1v) is 6.12. The Bertz CT molecular complexity index is 194. The third kappa shape index (κ3) is 5.99. The molecular weight excluding hydrogens is 184 g/mol. The lowest BCUT2D eigenvalue weighted by molar-refractivity contribution is 0.0625. The lowest BCUT2D eigenvalue weighted by atomic mass is 9.75. The van der Waals surface area contributed by atoms with Crippen molar-refractivity contribution >= 4 is 0 Å². The van der Waals surface area contributed by atoms with Crippen molar-refractivity contribution in [1.82, 2.24) is 0 Å². The molecule has 0 aliphatic heterocycles. The molecule has 15 heavy (non-hydrogen) atoms. The number of hydrogen-bond acceptors (Lipinski definition) is 1. The van der Waals surface area contributed by atoms with Gasteiger partial charge < -0.3 is 5.11 Å². The highest BCUT2D eigenvalue weighted by Gasteiger charge is 2.28. The molecule has 0 saturated carbocycles. The summed E-state index contributed by atoms with van der Waals surface area (Å²) in [7, 11) is 0. The Morgan fingerprint density at radius 3 is 2.13 bits per heavy atom. The molecule has 0 unspecified atom stereocenters. The summed E-state index contributed by atoms with van der Waals surface area (Å²) in [4.78, 5) is 0. The second kappa shape index (κ2) is 6.32. The van der Waals surface area contributed by atoms with Gasteiger partial charge in [0.25, 0.3) is 0 Å². The monoisotopic (exact) mass is 212 g/mol. The molecule has 0 saturated heterocycles. The van der Waals surface area contributed by atoms with Gasteiger partial charge in [-0.05, 0) is 25.7 Å². The van der Waals surface area contributed by atoms with E-state index >= 15 is 0 Å². The van der Waals surface area contributed by atoms with Crippen LogP contribution >= 0.6 is 0 Å². The summed E-state index contributed by atoms with van der Waals surface area (Å²) in [6.07, 6.45) is 5.22. The first kappa shape index (κ1) is 14.7. The van der Waals surface area contributed by atoms with Gasteiger partial charge in [-0.25, -0.2) is 0 Å². The molecule has 2 atom stereocenters. The zero-order valence-electron chi connectivity index (χ0n) is 11.3. The SMILES string of the molecule is CCCC[C@H](O)[C@H](C=C(C)C)C(C)(C)C. The molecule has 1 heteroatoms. The van der Waals surface area contributed by atoms with Crippen molar-refractivity contribution in [2.45, 2.75) is 66.9 Å². The van der Waals surface area contributed by atoms with Gasteiger partial charge in [0, 0.05) is 5.92 Å². The van der Waals surface area contributed by atoms with E-state index in [1.807, 2.05) is 0 Å². The summed E-state index contributed by atoms with van der Waals surface area (Å²) in [5.41, 5.74) is 1.44. The minimum Gasteiger partial charge on any atom is -0.392 e. The summed E-state index contributed by atoms with van der Waals surface area (Å²) in [5.74, 6) is 0.272. The second-order valence-corrected chi connectivity index (χ2v) is 5.85. The van der Waals surface area contributed by atoms with Gasteiger partial charge in [-0.15, -0.1) is 0 Å². The van der Waals surface area contributed by atoms with E-state index in [-0.39, 0.29) is 17.4 Å². The molecule has 0 aromatic heterocycles. The number of aliphatic hydroxyl groups excluding tert-OH is 1. The Balaban J connectivity index is 4.57. The first-order valence-electron chi connectivity index (χ1n) is 6.12. The molecule has 0 aliphatic rings. The molecule has 0 bridgehead atoms. The molecule has 1 nitrogen and oxygen atoms in total. The van der Waals surface area contributed by atoms with Crippen molar-refractivity contribution in [1.29, 1.82) is 0 Å². The lowest BCUT2D eigenvalue weighted by Crippen LogP contribution is -2.30. The summed E-state index contributed by atoms with van der Waals surface area (Å²) < 4.78 is 0. The lowest BCUT2D eigenvalue weighted by Gasteiger charge is -2.32. The van der Waals surface area contributed by atoms with Crippen molar-refractivity contribution < 1.29 is 5.11 Å². The summed E-state index contributed by atoms with van der Waals surface area (Å²) in [5, 5.41) is 10.2. The minimum absolute atomic E-state index is 0.143. The molecule has 0 aromatic rings. The van der Waals surface area contributed by atoms with Gasteiger partial charge in [-0.2, -0.15) is 0 Å². The Kier molecular flexibility index (Phi) is 6.19. The average molecular weight is 212 g/mol. The van der Waals surface area contributed by atoms with Crippen LogP contribution in [-0.4, -0.2) is 11.2 Å². The molecule has 0 rings (SSSR count). The molecule has 0 amide bonds. The highest BCUT2D eigenvalue weighted by atomic mass is 16.3. The van der Waals surface area contributed by atoms with Crippen LogP contribution in [0.2, 0.25) is 0 Å². The van der Waals surface area contributed by atoms with E-state index in [2.05, 4.69) is 47.6 Å². The van der Waals surface area contributed by atoms with Crippen LogP contribution in [0.3, 0.4) is 0 Å². The molecule has 1 N–H and O–H groups in total. The van der Waals surface area contributed by atoms with E-state index in [0.29, 0.717) is 0 Å². The van der Waals surface area contributed by atoms with Crippen LogP contribution in [-0.2, 0) is 0 Å². The van der Waals surface area contributed by atoms with E-state index in [9.17, 15) is 5.11 Å². The largest absolute Gasteiger partial charge is 0.392 e. The van der Waals surface area contributed by atoms with E-state index in [1.165, 1.54) is 5.57 Å². The van der Waals surface area contributed by atoms with Crippen LogP contribution in [0, 0.1) is 11.3 Å². The smallest absolute Gasteiger partial charge is 0.0607 e. The van der Waals surface area contributed by atoms with Gasteiger partial charge in [0.2, 0.25) is 0 Å². The predicted octanol–water partition coefficient (Wildman–Crippen LogP) is 4.17. The molecule has 0 radical (unpaired) electrons. The Morgan fingerprint density at radius 1 is 1.27 bits per heavy atom. The summed E-state index contributed by atoms with van der Waals surface area (Å²) in [6, 6.07) is 0. The zero-order valence-corrected chi connectivity index (χ0v) is 11.3. The van der Waals surface area contributed by atoms with Gasteiger partial charge in [-0.3, -0.25) is 0 Å². The van der Waals surface area contributed by atoms with Crippen LogP contribution in [0.4, 0.5) is 0 Å². The molecule has 0 fully saturated rings. The number of hydrogen-bond donors (Lipinski definition) is 1. The van der Waals surface area contributed by atoms with Crippen LogP contribution in [0.15, 0.2) is 11.6 Å².